The molecular formula is C17H31IN4O3S. The van der Waals surface area contributed by atoms with Gasteiger partial charge in [-0.25, -0.2) is 8.42 Å². The monoisotopic (exact) mass is 498 g/mol. The summed E-state index contributed by atoms with van der Waals surface area (Å²) in [5, 5.41) is 6.11. The van der Waals surface area contributed by atoms with Crippen LogP contribution in [0.1, 0.15) is 44.9 Å². The minimum Gasteiger partial charge on any atom is -0.356 e. The number of likely N-dealkylation sites (tertiary alicyclic amines) is 1. The Morgan fingerprint density at radius 1 is 1.27 bits per heavy atom. The Bertz CT molecular complexity index is 632. The van der Waals surface area contributed by atoms with E-state index in [2.05, 4.69) is 20.5 Å². The van der Waals surface area contributed by atoms with Gasteiger partial charge in [-0.05, 0) is 31.1 Å². The predicted molar refractivity (Wildman–Crippen MR) is 114 cm³/mol. The van der Waals surface area contributed by atoms with Crippen molar-refractivity contribution in [3.63, 3.8) is 0 Å². The number of nitrogens with zero attached hydrogens (tertiary/aromatic N) is 2. The molecule has 0 aromatic carbocycles. The number of carbonyl (C=O) groups excluding carboxylic acids is 1. The van der Waals surface area contributed by atoms with E-state index in [1.165, 1.54) is 32.1 Å². The summed E-state index contributed by atoms with van der Waals surface area (Å²) in [6.45, 7) is 2.62. The van der Waals surface area contributed by atoms with Gasteiger partial charge >= 0.3 is 0 Å². The van der Waals surface area contributed by atoms with Crippen molar-refractivity contribution in [1.82, 2.24) is 15.5 Å². The van der Waals surface area contributed by atoms with Gasteiger partial charge in [0.2, 0.25) is 5.91 Å². The SMILES string of the molecule is CN=C(NCCC(=O)NC1CCS(=O)(=O)C1)N1CCC2(CCCC2)C1.I. The topological polar surface area (TPSA) is 90.9 Å². The minimum atomic E-state index is -2.96. The molecule has 3 aliphatic rings. The summed E-state index contributed by atoms with van der Waals surface area (Å²) in [6.07, 6.45) is 7.44. The second kappa shape index (κ2) is 9.07. The third-order valence-corrected chi connectivity index (χ3v) is 7.61. The molecule has 3 rings (SSSR count). The average Bonchev–Trinajstić information content (AvgIpc) is 3.27. The first kappa shape index (κ1) is 21.7. The van der Waals surface area contributed by atoms with E-state index in [-0.39, 0.29) is 47.4 Å². The van der Waals surface area contributed by atoms with Crippen LogP contribution in [0.15, 0.2) is 4.99 Å². The maximum atomic E-state index is 12.0. The van der Waals surface area contributed by atoms with Crippen molar-refractivity contribution in [3.8, 4) is 0 Å². The summed E-state index contributed by atoms with van der Waals surface area (Å²) in [4.78, 5) is 18.7. The lowest BCUT2D eigenvalue weighted by atomic mass is 9.86. The van der Waals surface area contributed by atoms with E-state index >= 15 is 0 Å². The Kier molecular flexibility index (Phi) is 7.58. The molecule has 1 spiro atoms. The second-order valence-electron chi connectivity index (χ2n) is 7.77. The predicted octanol–water partition coefficient (Wildman–Crippen LogP) is 1.14. The Labute approximate surface area is 173 Å². The molecule has 1 atom stereocenters. The van der Waals surface area contributed by atoms with E-state index in [1.54, 1.807) is 7.05 Å². The first-order valence-electron chi connectivity index (χ1n) is 9.37. The quantitative estimate of drug-likeness (QED) is 0.345. The number of hydrogen-bond acceptors (Lipinski definition) is 4. The number of amides is 1. The number of halogens is 1. The van der Waals surface area contributed by atoms with E-state index in [4.69, 9.17) is 0 Å². The Morgan fingerprint density at radius 3 is 2.62 bits per heavy atom. The van der Waals surface area contributed by atoms with Gasteiger partial charge in [0, 0.05) is 39.1 Å². The van der Waals surface area contributed by atoms with Gasteiger partial charge in [-0.3, -0.25) is 9.79 Å². The molecule has 1 aliphatic carbocycles. The summed E-state index contributed by atoms with van der Waals surface area (Å²) in [7, 11) is -1.17. The highest BCUT2D eigenvalue weighted by Crippen LogP contribution is 2.45. The van der Waals surface area contributed by atoms with Gasteiger partial charge in [-0.1, -0.05) is 12.8 Å². The molecule has 0 bridgehead atoms. The highest BCUT2D eigenvalue weighted by Gasteiger charge is 2.41. The molecule has 0 aromatic rings. The molecular weight excluding hydrogens is 467 g/mol. The normalized spacial score (nSPS) is 26.7. The van der Waals surface area contributed by atoms with E-state index in [1.807, 2.05) is 0 Å². The summed E-state index contributed by atoms with van der Waals surface area (Å²) in [5.41, 5.74) is 0.489. The molecule has 2 N–H and O–H groups in total. The number of guanidine groups is 1. The zero-order chi connectivity index (χ0) is 17.9. The van der Waals surface area contributed by atoms with Gasteiger partial charge in [-0.2, -0.15) is 0 Å². The average molecular weight is 498 g/mol. The van der Waals surface area contributed by atoms with Crippen LogP contribution >= 0.6 is 24.0 Å². The van der Waals surface area contributed by atoms with Crippen molar-refractivity contribution in [2.24, 2.45) is 10.4 Å². The summed E-state index contributed by atoms with van der Waals surface area (Å²) in [6, 6.07) is -0.224. The van der Waals surface area contributed by atoms with Gasteiger partial charge in [0.1, 0.15) is 0 Å². The number of hydrogen-bond donors (Lipinski definition) is 2. The van der Waals surface area contributed by atoms with Crippen molar-refractivity contribution in [2.75, 3.05) is 38.2 Å². The summed E-state index contributed by atoms with van der Waals surface area (Å²) < 4.78 is 22.9. The minimum absolute atomic E-state index is 0. The molecule has 2 aliphatic heterocycles. The van der Waals surface area contributed by atoms with E-state index in [0.717, 1.165) is 19.0 Å². The smallest absolute Gasteiger partial charge is 0.222 e. The van der Waals surface area contributed by atoms with Crippen LogP contribution in [0, 0.1) is 5.41 Å². The molecule has 3 fully saturated rings. The van der Waals surface area contributed by atoms with Crippen molar-refractivity contribution in [1.29, 1.82) is 0 Å². The van der Waals surface area contributed by atoms with Crippen LogP contribution in [-0.2, 0) is 14.6 Å². The van der Waals surface area contributed by atoms with Crippen LogP contribution in [0.5, 0.6) is 0 Å². The van der Waals surface area contributed by atoms with Crippen molar-refractivity contribution in [3.05, 3.63) is 0 Å². The summed E-state index contributed by atoms with van der Waals surface area (Å²) >= 11 is 0. The largest absolute Gasteiger partial charge is 0.356 e. The lowest BCUT2D eigenvalue weighted by Crippen LogP contribution is -2.43. The summed E-state index contributed by atoms with van der Waals surface area (Å²) in [5.74, 6) is 1.03. The molecule has 9 heteroatoms. The lowest BCUT2D eigenvalue weighted by molar-refractivity contribution is -0.121. The van der Waals surface area contributed by atoms with Gasteiger partial charge in [0.15, 0.2) is 15.8 Å². The molecule has 0 radical (unpaired) electrons. The van der Waals surface area contributed by atoms with Crippen LogP contribution < -0.4 is 10.6 Å². The molecule has 1 saturated carbocycles. The van der Waals surface area contributed by atoms with E-state index < -0.39 is 9.84 Å². The molecule has 2 heterocycles. The molecule has 1 unspecified atom stereocenters. The van der Waals surface area contributed by atoms with Crippen LogP contribution in [-0.4, -0.2) is 69.4 Å². The van der Waals surface area contributed by atoms with Crippen molar-refractivity contribution < 1.29 is 13.2 Å². The van der Waals surface area contributed by atoms with Gasteiger partial charge in [0.25, 0.3) is 0 Å². The number of aliphatic imine (C=N–C) groups is 1. The van der Waals surface area contributed by atoms with Crippen LogP contribution in [0.2, 0.25) is 0 Å². The van der Waals surface area contributed by atoms with Crippen molar-refractivity contribution >= 4 is 45.7 Å². The molecule has 26 heavy (non-hydrogen) atoms. The second-order valence-corrected chi connectivity index (χ2v) is 10.00. The zero-order valence-electron chi connectivity index (χ0n) is 15.5. The number of sulfone groups is 1. The van der Waals surface area contributed by atoms with Crippen LogP contribution in [0.25, 0.3) is 0 Å². The highest BCUT2D eigenvalue weighted by molar-refractivity contribution is 14.0. The number of carbonyl (C=O) groups is 1. The fraction of sp³-hybridized carbons (Fsp3) is 0.882. The number of nitrogens with one attached hydrogen (secondary N) is 2. The standard InChI is InChI=1S/C17H30N4O3S.HI/c1-18-16(21-10-8-17(13-21)6-2-3-7-17)19-9-4-15(22)20-14-5-11-25(23,24)12-14;/h14H,2-13H2,1H3,(H,18,19)(H,20,22);1H. The third kappa shape index (κ3) is 5.46. The Morgan fingerprint density at radius 2 is 2.00 bits per heavy atom. The lowest BCUT2D eigenvalue weighted by Gasteiger charge is -2.25. The van der Waals surface area contributed by atoms with Crippen LogP contribution in [0.3, 0.4) is 0 Å². The highest BCUT2D eigenvalue weighted by atomic mass is 127. The van der Waals surface area contributed by atoms with Crippen molar-refractivity contribution in [2.45, 2.75) is 51.0 Å². The molecule has 150 valence electrons. The first-order chi connectivity index (χ1) is 11.9. The molecule has 1 amide bonds. The fourth-order valence-electron chi connectivity index (χ4n) is 4.48. The third-order valence-electron chi connectivity index (χ3n) is 5.85. The molecule has 0 aromatic heterocycles. The molecule has 7 nitrogen and oxygen atoms in total. The Balaban J connectivity index is 0.00000243. The maximum absolute atomic E-state index is 12.0. The van der Waals surface area contributed by atoms with Gasteiger partial charge in [-0.15, -0.1) is 24.0 Å². The van der Waals surface area contributed by atoms with Gasteiger partial charge in [0.05, 0.1) is 11.5 Å². The van der Waals surface area contributed by atoms with E-state index in [0.29, 0.717) is 24.8 Å². The molecule has 2 saturated heterocycles. The Hall–Kier alpha value is -0.580. The zero-order valence-corrected chi connectivity index (χ0v) is 18.6. The number of rotatable bonds is 4. The maximum Gasteiger partial charge on any atom is 0.222 e. The van der Waals surface area contributed by atoms with E-state index in [9.17, 15) is 13.2 Å². The first-order valence-corrected chi connectivity index (χ1v) is 11.2. The van der Waals surface area contributed by atoms with Gasteiger partial charge < -0.3 is 15.5 Å². The van der Waals surface area contributed by atoms with Crippen LogP contribution in [0.4, 0.5) is 0 Å². The fourth-order valence-corrected chi connectivity index (χ4v) is 6.15.